The van der Waals surface area contributed by atoms with Crippen LogP contribution in [0.5, 0.6) is 0 Å². The smallest absolute Gasteiger partial charge is 0.180 e. The lowest BCUT2D eigenvalue weighted by Crippen LogP contribution is -2.50. The summed E-state index contributed by atoms with van der Waals surface area (Å²) in [6, 6.07) is 0. The van der Waals surface area contributed by atoms with E-state index in [0.717, 1.165) is 4.48 Å². The summed E-state index contributed by atoms with van der Waals surface area (Å²) in [5.74, 6) is 0. The molecule has 0 heterocycles. The maximum atomic E-state index is 9.90. The van der Waals surface area contributed by atoms with E-state index < -0.39 is 0 Å². The van der Waals surface area contributed by atoms with Gasteiger partial charge in [-0.3, -0.25) is 0 Å². The second-order valence-electron chi connectivity index (χ2n) is 6.13. The maximum Gasteiger partial charge on any atom is 0.180 e. The van der Waals surface area contributed by atoms with Crippen LogP contribution in [0.15, 0.2) is 0 Å². The second kappa shape index (κ2) is 12.9. The number of unbranched alkanes of at least 4 members (excludes halogenated alkanes) is 7. The Labute approximate surface area is 121 Å². The van der Waals surface area contributed by atoms with Crippen molar-refractivity contribution < 1.29 is 9.59 Å². The highest BCUT2D eigenvalue weighted by molar-refractivity contribution is 4.48. The highest BCUT2D eigenvalue weighted by Gasteiger charge is 2.24. The van der Waals surface area contributed by atoms with E-state index in [-0.39, 0.29) is 0 Å². The maximum absolute atomic E-state index is 9.90. The molecule has 0 aliphatic rings. The van der Waals surface area contributed by atoms with Gasteiger partial charge >= 0.3 is 0 Å². The van der Waals surface area contributed by atoms with Gasteiger partial charge in [-0.1, -0.05) is 46.5 Å². The van der Waals surface area contributed by atoms with Crippen LogP contribution in [-0.2, 0) is 0 Å². The Morgan fingerprint density at radius 1 is 0.579 bits per heavy atom. The molecule has 0 radical (unpaired) electrons. The fourth-order valence-electron chi connectivity index (χ4n) is 2.82. The Morgan fingerprint density at radius 2 is 0.947 bits per heavy atom. The largest absolute Gasteiger partial charge is 0.347 e. The molecule has 0 amide bonds. The number of rotatable bonds is 14. The second-order valence-corrected chi connectivity index (χ2v) is 6.13. The Hall–Kier alpha value is -0.0800. The minimum Gasteiger partial charge on any atom is -0.347 e. The predicted octanol–water partition coefficient (Wildman–Crippen LogP) is 4.71. The standard InChI is InChI=1S/C17H38NO/c1-4-7-10-13-16-18(17-19,14-11-8-5-2)15-12-9-6-3/h19H,4-17H2,1-3H3/q+1. The summed E-state index contributed by atoms with van der Waals surface area (Å²) >= 11 is 0. The van der Waals surface area contributed by atoms with Crippen LogP contribution in [0.25, 0.3) is 0 Å². The van der Waals surface area contributed by atoms with Crippen molar-refractivity contribution in [2.24, 2.45) is 0 Å². The van der Waals surface area contributed by atoms with Gasteiger partial charge in [-0.15, -0.1) is 0 Å². The van der Waals surface area contributed by atoms with Crippen LogP contribution in [0.2, 0.25) is 0 Å². The predicted molar refractivity (Wildman–Crippen MR) is 85.1 cm³/mol. The quantitative estimate of drug-likeness (QED) is 0.276. The molecule has 0 spiro atoms. The van der Waals surface area contributed by atoms with Gasteiger partial charge in [0.2, 0.25) is 0 Å². The van der Waals surface area contributed by atoms with Crippen molar-refractivity contribution in [1.82, 2.24) is 0 Å². The van der Waals surface area contributed by atoms with Crippen LogP contribution < -0.4 is 0 Å². The van der Waals surface area contributed by atoms with Gasteiger partial charge in [0.1, 0.15) is 0 Å². The first kappa shape index (κ1) is 18.9. The molecule has 0 fully saturated rings. The lowest BCUT2D eigenvalue weighted by Gasteiger charge is -2.37. The molecule has 0 saturated heterocycles. The van der Waals surface area contributed by atoms with E-state index in [9.17, 15) is 5.11 Å². The highest BCUT2D eigenvalue weighted by atomic mass is 16.3. The van der Waals surface area contributed by atoms with Gasteiger partial charge in [0.15, 0.2) is 6.73 Å². The molecule has 0 unspecified atom stereocenters. The average molecular weight is 272 g/mol. The Kier molecular flexibility index (Phi) is 12.9. The van der Waals surface area contributed by atoms with Crippen LogP contribution in [-0.4, -0.2) is 36.0 Å². The summed E-state index contributed by atoms with van der Waals surface area (Å²) in [5, 5.41) is 9.90. The van der Waals surface area contributed by atoms with E-state index in [1.165, 1.54) is 83.8 Å². The fraction of sp³-hybridized carbons (Fsp3) is 1.00. The normalized spacial score (nSPS) is 12.0. The third kappa shape index (κ3) is 9.45. The lowest BCUT2D eigenvalue weighted by atomic mass is 10.1. The van der Waals surface area contributed by atoms with Crippen molar-refractivity contribution in [3.8, 4) is 0 Å². The van der Waals surface area contributed by atoms with Crippen molar-refractivity contribution in [2.45, 2.75) is 85.0 Å². The first-order valence-corrected chi connectivity index (χ1v) is 8.70. The number of aliphatic hydroxyl groups is 1. The molecule has 0 aliphatic heterocycles. The van der Waals surface area contributed by atoms with Crippen molar-refractivity contribution >= 4 is 0 Å². The number of aliphatic hydroxyl groups excluding tert-OH is 1. The summed E-state index contributed by atoms with van der Waals surface area (Å²) < 4.78 is 0.962. The topological polar surface area (TPSA) is 20.2 Å². The van der Waals surface area contributed by atoms with Gasteiger partial charge in [0, 0.05) is 0 Å². The van der Waals surface area contributed by atoms with Crippen molar-refractivity contribution in [1.29, 1.82) is 0 Å². The third-order valence-corrected chi connectivity index (χ3v) is 4.26. The van der Waals surface area contributed by atoms with E-state index >= 15 is 0 Å². The van der Waals surface area contributed by atoms with Gasteiger partial charge < -0.3 is 9.59 Å². The first-order valence-electron chi connectivity index (χ1n) is 8.70. The molecule has 1 N–H and O–H groups in total. The molecule has 0 aromatic carbocycles. The molecule has 19 heavy (non-hydrogen) atoms. The van der Waals surface area contributed by atoms with E-state index in [1.54, 1.807) is 0 Å². The molecule has 0 aromatic heterocycles. The van der Waals surface area contributed by atoms with E-state index in [4.69, 9.17) is 0 Å². The van der Waals surface area contributed by atoms with Crippen LogP contribution >= 0.6 is 0 Å². The van der Waals surface area contributed by atoms with Gasteiger partial charge in [0.05, 0.1) is 19.6 Å². The van der Waals surface area contributed by atoms with Crippen LogP contribution in [0.3, 0.4) is 0 Å². The Bertz CT molecular complexity index is 172. The number of nitrogens with zero attached hydrogens (tertiary/aromatic N) is 1. The number of hydrogen-bond acceptors (Lipinski definition) is 1. The van der Waals surface area contributed by atoms with Gasteiger partial charge in [0.25, 0.3) is 0 Å². The van der Waals surface area contributed by atoms with Gasteiger partial charge in [-0.2, -0.15) is 0 Å². The van der Waals surface area contributed by atoms with Crippen LogP contribution in [0.1, 0.15) is 85.0 Å². The zero-order valence-corrected chi connectivity index (χ0v) is 13.8. The van der Waals surface area contributed by atoms with Crippen LogP contribution in [0.4, 0.5) is 0 Å². The molecular formula is C17H38NO+. The minimum absolute atomic E-state index is 0.347. The minimum atomic E-state index is 0.347. The number of quaternary nitrogens is 1. The van der Waals surface area contributed by atoms with Crippen molar-refractivity contribution in [2.75, 3.05) is 26.4 Å². The highest BCUT2D eigenvalue weighted by Crippen LogP contribution is 2.15. The summed E-state index contributed by atoms with van der Waals surface area (Å²) in [7, 11) is 0. The average Bonchev–Trinajstić information content (AvgIpc) is 2.43. The molecule has 2 heteroatoms. The molecule has 0 bridgehead atoms. The molecule has 0 aliphatic carbocycles. The van der Waals surface area contributed by atoms with Gasteiger partial charge in [-0.25, -0.2) is 0 Å². The molecule has 0 atom stereocenters. The monoisotopic (exact) mass is 272 g/mol. The van der Waals surface area contributed by atoms with E-state index in [1.807, 2.05) is 0 Å². The van der Waals surface area contributed by atoms with Crippen molar-refractivity contribution in [3.05, 3.63) is 0 Å². The molecule has 116 valence electrons. The molecular weight excluding hydrogens is 234 g/mol. The molecule has 2 nitrogen and oxygen atoms in total. The zero-order valence-electron chi connectivity index (χ0n) is 13.8. The van der Waals surface area contributed by atoms with E-state index in [2.05, 4.69) is 20.8 Å². The first-order chi connectivity index (χ1) is 9.24. The zero-order chi connectivity index (χ0) is 14.4. The summed E-state index contributed by atoms with van der Waals surface area (Å²) in [6.07, 6.45) is 13.0. The van der Waals surface area contributed by atoms with Gasteiger partial charge in [-0.05, 0) is 38.5 Å². The summed E-state index contributed by atoms with van der Waals surface area (Å²) in [6.45, 7) is 10.7. The molecule has 0 saturated carbocycles. The molecule has 0 rings (SSSR count). The fourth-order valence-corrected chi connectivity index (χ4v) is 2.82. The summed E-state index contributed by atoms with van der Waals surface area (Å²) in [4.78, 5) is 0. The SMILES string of the molecule is CCCCCC[N+](CO)(CCCCC)CCCCC. The van der Waals surface area contributed by atoms with Crippen LogP contribution in [0, 0.1) is 0 Å². The molecule has 0 aromatic rings. The third-order valence-electron chi connectivity index (χ3n) is 4.26. The summed E-state index contributed by atoms with van der Waals surface area (Å²) in [5.41, 5.74) is 0. The lowest BCUT2D eigenvalue weighted by molar-refractivity contribution is -0.945. The van der Waals surface area contributed by atoms with Crippen molar-refractivity contribution in [3.63, 3.8) is 0 Å². The Balaban J connectivity index is 4.20. The number of hydrogen-bond donors (Lipinski definition) is 1. The van der Waals surface area contributed by atoms with E-state index in [0.29, 0.717) is 6.73 Å². The Morgan fingerprint density at radius 3 is 1.32 bits per heavy atom.